The van der Waals surface area contributed by atoms with Gasteiger partial charge in [0.2, 0.25) is 5.78 Å². The molecule has 0 aliphatic rings. The van der Waals surface area contributed by atoms with Gasteiger partial charge in [-0.05, 0) is 43.5 Å². The predicted octanol–water partition coefficient (Wildman–Crippen LogP) is 5.75. The standard InChI is InChI=1S/C20H16ClN3S/c1-13-11-12-24-19(15-3-7-16(21)8-4-15)18(23-20(24)22-13)14-5-9-17(25-2)10-6-14/h3-12H,1-2H3. The van der Waals surface area contributed by atoms with Crippen LogP contribution in [0.4, 0.5) is 0 Å². The summed E-state index contributed by atoms with van der Waals surface area (Å²) in [6.07, 6.45) is 4.10. The van der Waals surface area contributed by atoms with Crippen molar-refractivity contribution in [2.24, 2.45) is 0 Å². The molecule has 0 bridgehead atoms. The molecule has 0 fully saturated rings. The fourth-order valence-corrected chi connectivity index (χ4v) is 3.39. The number of aryl methyl sites for hydroxylation is 1. The largest absolute Gasteiger partial charge is 0.283 e. The Bertz CT molecular complexity index is 1040. The molecule has 0 aliphatic carbocycles. The SMILES string of the molecule is CSc1ccc(-c2nc3nc(C)ccn3c2-c2ccc(Cl)cc2)cc1. The van der Waals surface area contributed by atoms with E-state index in [9.17, 15) is 0 Å². The first kappa shape index (κ1) is 16.2. The van der Waals surface area contributed by atoms with Crippen molar-refractivity contribution in [1.29, 1.82) is 0 Å². The first-order chi connectivity index (χ1) is 12.2. The normalized spacial score (nSPS) is 11.2. The van der Waals surface area contributed by atoms with E-state index < -0.39 is 0 Å². The molecular weight excluding hydrogens is 350 g/mol. The Balaban J connectivity index is 1.98. The van der Waals surface area contributed by atoms with E-state index >= 15 is 0 Å². The van der Waals surface area contributed by atoms with Crippen LogP contribution in [0, 0.1) is 6.92 Å². The minimum absolute atomic E-state index is 0.703. The number of hydrogen-bond donors (Lipinski definition) is 0. The van der Waals surface area contributed by atoms with Crippen molar-refractivity contribution in [3.05, 3.63) is 71.5 Å². The minimum Gasteiger partial charge on any atom is -0.283 e. The summed E-state index contributed by atoms with van der Waals surface area (Å²) in [5.41, 5.74) is 5.03. The number of thioether (sulfide) groups is 1. The van der Waals surface area contributed by atoms with E-state index in [2.05, 4.69) is 35.5 Å². The average Bonchev–Trinajstić information content (AvgIpc) is 3.01. The van der Waals surface area contributed by atoms with Gasteiger partial charge in [0.05, 0.1) is 11.4 Å². The zero-order valence-corrected chi connectivity index (χ0v) is 15.5. The highest BCUT2D eigenvalue weighted by Crippen LogP contribution is 2.33. The van der Waals surface area contributed by atoms with E-state index in [-0.39, 0.29) is 0 Å². The van der Waals surface area contributed by atoms with Crippen molar-refractivity contribution in [2.45, 2.75) is 11.8 Å². The molecule has 0 N–H and O–H groups in total. The third kappa shape index (κ3) is 3.03. The summed E-state index contributed by atoms with van der Waals surface area (Å²) >= 11 is 7.79. The zero-order valence-electron chi connectivity index (χ0n) is 13.9. The summed E-state index contributed by atoms with van der Waals surface area (Å²) in [5, 5.41) is 0.720. The van der Waals surface area contributed by atoms with Crippen LogP contribution >= 0.6 is 23.4 Å². The number of aromatic nitrogens is 3. The summed E-state index contributed by atoms with van der Waals surface area (Å²) in [6, 6.07) is 18.3. The average molecular weight is 366 g/mol. The first-order valence-electron chi connectivity index (χ1n) is 7.92. The van der Waals surface area contributed by atoms with Crippen LogP contribution in [-0.2, 0) is 0 Å². The molecule has 0 spiro atoms. The number of nitrogens with zero attached hydrogens (tertiary/aromatic N) is 3. The molecule has 4 aromatic rings. The zero-order chi connectivity index (χ0) is 17.4. The van der Waals surface area contributed by atoms with E-state index in [0.29, 0.717) is 5.78 Å². The van der Waals surface area contributed by atoms with Crippen molar-refractivity contribution < 1.29 is 0 Å². The van der Waals surface area contributed by atoms with Gasteiger partial charge in [0.1, 0.15) is 0 Å². The monoisotopic (exact) mass is 365 g/mol. The molecule has 0 amide bonds. The maximum atomic E-state index is 6.07. The molecule has 0 saturated carbocycles. The summed E-state index contributed by atoms with van der Waals surface area (Å²) in [7, 11) is 0. The Hall–Kier alpha value is -2.30. The van der Waals surface area contributed by atoms with Crippen molar-refractivity contribution in [2.75, 3.05) is 6.26 Å². The fraction of sp³-hybridized carbons (Fsp3) is 0.100. The van der Waals surface area contributed by atoms with E-state index in [1.54, 1.807) is 11.8 Å². The van der Waals surface area contributed by atoms with E-state index in [4.69, 9.17) is 16.6 Å². The lowest BCUT2D eigenvalue weighted by Gasteiger charge is -2.06. The maximum Gasteiger partial charge on any atom is 0.235 e. The third-order valence-corrected chi connectivity index (χ3v) is 5.11. The van der Waals surface area contributed by atoms with E-state index in [1.807, 2.05) is 47.9 Å². The summed E-state index contributed by atoms with van der Waals surface area (Å²) < 4.78 is 2.04. The Morgan fingerprint density at radius 3 is 2.24 bits per heavy atom. The molecule has 2 aromatic carbocycles. The van der Waals surface area contributed by atoms with Gasteiger partial charge in [-0.25, -0.2) is 9.97 Å². The predicted molar refractivity (Wildman–Crippen MR) is 105 cm³/mol. The molecule has 5 heteroatoms. The Morgan fingerprint density at radius 2 is 1.56 bits per heavy atom. The molecule has 2 heterocycles. The van der Waals surface area contributed by atoms with Gasteiger partial charge in [0.15, 0.2) is 0 Å². The van der Waals surface area contributed by atoms with Gasteiger partial charge < -0.3 is 0 Å². The van der Waals surface area contributed by atoms with Crippen LogP contribution < -0.4 is 0 Å². The van der Waals surface area contributed by atoms with Crippen LogP contribution in [0.5, 0.6) is 0 Å². The Morgan fingerprint density at radius 1 is 0.880 bits per heavy atom. The van der Waals surface area contributed by atoms with Crippen molar-refractivity contribution in [3.8, 4) is 22.5 Å². The van der Waals surface area contributed by atoms with Crippen LogP contribution in [-0.4, -0.2) is 20.6 Å². The van der Waals surface area contributed by atoms with Gasteiger partial charge in [-0.15, -0.1) is 11.8 Å². The molecule has 0 atom stereocenters. The third-order valence-electron chi connectivity index (χ3n) is 4.11. The van der Waals surface area contributed by atoms with Gasteiger partial charge >= 0.3 is 0 Å². The number of rotatable bonds is 3. The molecule has 2 aromatic heterocycles. The van der Waals surface area contributed by atoms with Gasteiger partial charge in [0.25, 0.3) is 0 Å². The second kappa shape index (κ2) is 6.54. The van der Waals surface area contributed by atoms with Crippen molar-refractivity contribution >= 4 is 29.1 Å². The topological polar surface area (TPSA) is 30.2 Å². The Labute approximate surface area is 155 Å². The highest BCUT2D eigenvalue weighted by Gasteiger charge is 2.16. The number of fused-ring (bicyclic) bond motifs is 1. The molecule has 3 nitrogen and oxygen atoms in total. The number of hydrogen-bond acceptors (Lipinski definition) is 3. The second-order valence-corrected chi connectivity index (χ2v) is 7.10. The number of imidazole rings is 1. The first-order valence-corrected chi connectivity index (χ1v) is 9.52. The fourth-order valence-electron chi connectivity index (χ4n) is 2.85. The summed E-state index contributed by atoms with van der Waals surface area (Å²) in [4.78, 5) is 10.6. The number of halogens is 1. The van der Waals surface area contributed by atoms with Gasteiger partial charge in [-0.1, -0.05) is 35.9 Å². The molecule has 4 rings (SSSR count). The second-order valence-electron chi connectivity index (χ2n) is 5.78. The lowest BCUT2D eigenvalue weighted by molar-refractivity contribution is 1.07. The van der Waals surface area contributed by atoms with Gasteiger partial charge in [-0.3, -0.25) is 4.40 Å². The van der Waals surface area contributed by atoms with Crippen LogP contribution in [0.25, 0.3) is 28.3 Å². The molecule has 124 valence electrons. The molecule has 0 unspecified atom stereocenters. The summed E-state index contributed by atoms with van der Waals surface area (Å²) in [6.45, 7) is 1.98. The van der Waals surface area contributed by atoms with Crippen LogP contribution in [0.1, 0.15) is 5.69 Å². The maximum absolute atomic E-state index is 6.07. The minimum atomic E-state index is 0.703. The van der Waals surface area contributed by atoms with Gasteiger partial charge in [-0.2, -0.15) is 0 Å². The van der Waals surface area contributed by atoms with E-state index in [0.717, 1.165) is 33.2 Å². The molecule has 0 radical (unpaired) electrons. The highest BCUT2D eigenvalue weighted by atomic mass is 35.5. The van der Waals surface area contributed by atoms with Crippen molar-refractivity contribution in [1.82, 2.24) is 14.4 Å². The summed E-state index contributed by atoms with van der Waals surface area (Å²) in [5.74, 6) is 0.703. The molecule has 0 saturated heterocycles. The highest BCUT2D eigenvalue weighted by molar-refractivity contribution is 7.98. The van der Waals surface area contributed by atoms with Gasteiger partial charge in [0, 0.05) is 32.9 Å². The smallest absolute Gasteiger partial charge is 0.235 e. The quantitative estimate of drug-likeness (QED) is 0.433. The Kier molecular flexibility index (Phi) is 4.24. The number of benzene rings is 2. The molecular formula is C20H16ClN3S. The van der Waals surface area contributed by atoms with Crippen LogP contribution in [0.15, 0.2) is 65.7 Å². The van der Waals surface area contributed by atoms with Crippen LogP contribution in [0.2, 0.25) is 5.02 Å². The van der Waals surface area contributed by atoms with Crippen molar-refractivity contribution in [3.63, 3.8) is 0 Å². The van der Waals surface area contributed by atoms with Crippen LogP contribution in [0.3, 0.4) is 0 Å². The molecule has 25 heavy (non-hydrogen) atoms. The van der Waals surface area contributed by atoms with E-state index in [1.165, 1.54) is 4.90 Å². The molecule has 0 aliphatic heterocycles. The lowest BCUT2D eigenvalue weighted by atomic mass is 10.0. The lowest BCUT2D eigenvalue weighted by Crippen LogP contribution is -1.92.